The fourth-order valence-electron chi connectivity index (χ4n) is 2.12. The van der Waals surface area contributed by atoms with Gasteiger partial charge in [-0.2, -0.15) is 13.2 Å². The fraction of sp³-hybridized carbons (Fsp3) is 0.583. The Morgan fingerprint density at radius 1 is 1.44 bits per heavy atom. The summed E-state index contributed by atoms with van der Waals surface area (Å²) in [5.41, 5.74) is -0.710. The molecule has 0 radical (unpaired) electrons. The zero-order chi connectivity index (χ0) is 13.2. The Balaban J connectivity index is 2.00. The molecule has 1 aromatic heterocycles. The summed E-state index contributed by atoms with van der Waals surface area (Å²) in [5.74, 6) is 0.566. The van der Waals surface area contributed by atoms with Crippen LogP contribution in [0.3, 0.4) is 0 Å². The number of halogens is 3. The lowest BCUT2D eigenvalue weighted by atomic mass is 10.2. The molecular formula is C12H16F3N3. The number of pyridine rings is 1. The molecule has 2 heterocycles. The van der Waals surface area contributed by atoms with Crippen LogP contribution in [0.1, 0.15) is 18.4 Å². The first-order valence-electron chi connectivity index (χ1n) is 5.94. The molecule has 1 unspecified atom stereocenters. The summed E-state index contributed by atoms with van der Waals surface area (Å²) in [6.07, 6.45) is -1.19. The SMILES string of the molecule is CN(CC1CCCN1)c1ccc(C(F)(F)F)cn1. The van der Waals surface area contributed by atoms with Crippen LogP contribution in [0.5, 0.6) is 0 Å². The van der Waals surface area contributed by atoms with Gasteiger partial charge in [0.1, 0.15) is 5.82 Å². The fourth-order valence-corrected chi connectivity index (χ4v) is 2.12. The van der Waals surface area contributed by atoms with E-state index in [4.69, 9.17) is 0 Å². The van der Waals surface area contributed by atoms with E-state index in [0.717, 1.165) is 38.2 Å². The minimum Gasteiger partial charge on any atom is -0.358 e. The van der Waals surface area contributed by atoms with E-state index in [1.807, 2.05) is 11.9 Å². The topological polar surface area (TPSA) is 28.2 Å². The third kappa shape index (κ3) is 3.13. The molecule has 2 rings (SSSR count). The zero-order valence-corrected chi connectivity index (χ0v) is 10.2. The normalized spacial score (nSPS) is 20.1. The molecule has 1 aliphatic rings. The summed E-state index contributed by atoms with van der Waals surface area (Å²) in [7, 11) is 1.84. The number of alkyl halides is 3. The smallest absolute Gasteiger partial charge is 0.358 e. The third-order valence-electron chi connectivity index (χ3n) is 3.12. The molecule has 6 heteroatoms. The Kier molecular flexibility index (Phi) is 3.75. The molecule has 1 fully saturated rings. The molecular weight excluding hydrogens is 243 g/mol. The van der Waals surface area contributed by atoms with Crippen molar-refractivity contribution in [3.05, 3.63) is 23.9 Å². The molecule has 1 saturated heterocycles. The Hall–Kier alpha value is -1.30. The Bertz CT molecular complexity index is 383. The van der Waals surface area contributed by atoms with Gasteiger partial charge < -0.3 is 10.2 Å². The average Bonchev–Trinajstić information content (AvgIpc) is 2.81. The van der Waals surface area contributed by atoms with E-state index in [1.54, 1.807) is 0 Å². The molecule has 0 spiro atoms. The van der Waals surface area contributed by atoms with E-state index in [-0.39, 0.29) is 0 Å². The van der Waals surface area contributed by atoms with Crippen LogP contribution in [-0.2, 0) is 6.18 Å². The van der Waals surface area contributed by atoms with Crippen LogP contribution in [0, 0.1) is 0 Å². The number of nitrogens with zero attached hydrogens (tertiary/aromatic N) is 2. The van der Waals surface area contributed by atoms with Crippen molar-refractivity contribution in [2.24, 2.45) is 0 Å². The number of likely N-dealkylation sites (N-methyl/N-ethyl adjacent to an activating group) is 1. The standard InChI is InChI=1S/C12H16F3N3/c1-18(8-10-3-2-6-16-10)11-5-4-9(7-17-11)12(13,14)15/h4-5,7,10,16H,2-3,6,8H2,1H3. The highest BCUT2D eigenvalue weighted by Gasteiger charge is 2.30. The summed E-state index contributed by atoms with van der Waals surface area (Å²) in [6, 6.07) is 2.89. The summed E-state index contributed by atoms with van der Waals surface area (Å²) >= 11 is 0. The molecule has 1 N–H and O–H groups in total. The molecule has 0 saturated carbocycles. The van der Waals surface area contributed by atoms with Crippen molar-refractivity contribution in [2.45, 2.75) is 25.1 Å². The van der Waals surface area contributed by atoms with Crippen molar-refractivity contribution in [1.82, 2.24) is 10.3 Å². The second-order valence-corrected chi connectivity index (χ2v) is 4.58. The van der Waals surface area contributed by atoms with Crippen LogP contribution >= 0.6 is 0 Å². The Morgan fingerprint density at radius 2 is 2.22 bits per heavy atom. The van der Waals surface area contributed by atoms with E-state index in [0.29, 0.717) is 11.9 Å². The van der Waals surface area contributed by atoms with Gasteiger partial charge in [0.2, 0.25) is 0 Å². The number of rotatable bonds is 3. The summed E-state index contributed by atoms with van der Waals surface area (Å²) in [4.78, 5) is 5.74. The monoisotopic (exact) mass is 259 g/mol. The number of hydrogen-bond donors (Lipinski definition) is 1. The Morgan fingerprint density at radius 3 is 2.72 bits per heavy atom. The zero-order valence-electron chi connectivity index (χ0n) is 10.2. The third-order valence-corrected chi connectivity index (χ3v) is 3.12. The first-order chi connectivity index (χ1) is 8.47. The van der Waals surface area contributed by atoms with Crippen molar-refractivity contribution in [3.63, 3.8) is 0 Å². The lowest BCUT2D eigenvalue weighted by Crippen LogP contribution is -2.35. The molecule has 3 nitrogen and oxygen atoms in total. The molecule has 100 valence electrons. The van der Waals surface area contributed by atoms with Crippen molar-refractivity contribution >= 4 is 5.82 Å². The lowest BCUT2D eigenvalue weighted by Gasteiger charge is -2.22. The van der Waals surface area contributed by atoms with E-state index >= 15 is 0 Å². The van der Waals surface area contributed by atoms with Crippen molar-refractivity contribution < 1.29 is 13.2 Å². The van der Waals surface area contributed by atoms with Crippen LogP contribution in [0.25, 0.3) is 0 Å². The minimum atomic E-state index is -4.32. The van der Waals surface area contributed by atoms with Crippen molar-refractivity contribution in [3.8, 4) is 0 Å². The van der Waals surface area contributed by atoms with Gasteiger partial charge in [0, 0.05) is 25.8 Å². The van der Waals surface area contributed by atoms with Crippen molar-refractivity contribution in [2.75, 3.05) is 25.0 Å². The molecule has 1 aliphatic heterocycles. The molecule has 0 aromatic carbocycles. The highest BCUT2D eigenvalue weighted by molar-refractivity contribution is 5.39. The van der Waals surface area contributed by atoms with Gasteiger partial charge in [0.05, 0.1) is 5.56 Å². The summed E-state index contributed by atoms with van der Waals surface area (Å²) in [5, 5.41) is 3.34. The second kappa shape index (κ2) is 5.14. The molecule has 0 amide bonds. The number of nitrogens with one attached hydrogen (secondary N) is 1. The van der Waals surface area contributed by atoms with Gasteiger partial charge in [-0.15, -0.1) is 0 Å². The van der Waals surface area contributed by atoms with Crippen LogP contribution in [-0.4, -0.2) is 31.2 Å². The van der Waals surface area contributed by atoms with Gasteiger partial charge in [-0.05, 0) is 31.5 Å². The van der Waals surface area contributed by atoms with Crippen LogP contribution in [0.15, 0.2) is 18.3 Å². The van der Waals surface area contributed by atoms with E-state index in [9.17, 15) is 13.2 Å². The van der Waals surface area contributed by atoms with Crippen molar-refractivity contribution in [1.29, 1.82) is 0 Å². The van der Waals surface area contributed by atoms with Crippen LogP contribution < -0.4 is 10.2 Å². The molecule has 1 atom stereocenters. The molecule has 0 aliphatic carbocycles. The van der Waals surface area contributed by atoms with Gasteiger partial charge in [-0.25, -0.2) is 4.98 Å². The molecule has 18 heavy (non-hydrogen) atoms. The predicted octanol–water partition coefficient (Wildman–Crippen LogP) is 2.29. The highest BCUT2D eigenvalue weighted by atomic mass is 19.4. The first kappa shape index (κ1) is 13.1. The van der Waals surface area contributed by atoms with Crippen LogP contribution in [0.4, 0.5) is 19.0 Å². The predicted molar refractivity (Wildman–Crippen MR) is 63.5 cm³/mol. The Labute approximate surface area is 104 Å². The number of anilines is 1. The second-order valence-electron chi connectivity index (χ2n) is 4.58. The van der Waals surface area contributed by atoms with Gasteiger partial charge in [0.15, 0.2) is 0 Å². The number of hydrogen-bond acceptors (Lipinski definition) is 3. The van der Waals surface area contributed by atoms with Crippen LogP contribution in [0.2, 0.25) is 0 Å². The molecule has 1 aromatic rings. The van der Waals surface area contributed by atoms with Gasteiger partial charge in [-0.3, -0.25) is 0 Å². The van der Waals surface area contributed by atoms with Gasteiger partial charge in [0.25, 0.3) is 0 Å². The maximum absolute atomic E-state index is 12.4. The number of aromatic nitrogens is 1. The maximum atomic E-state index is 12.4. The summed E-state index contributed by atoms with van der Waals surface area (Å²) in [6.45, 7) is 1.78. The van der Waals surface area contributed by atoms with E-state index < -0.39 is 11.7 Å². The van der Waals surface area contributed by atoms with E-state index in [1.165, 1.54) is 6.07 Å². The summed E-state index contributed by atoms with van der Waals surface area (Å²) < 4.78 is 37.2. The maximum Gasteiger partial charge on any atom is 0.417 e. The quantitative estimate of drug-likeness (QED) is 0.902. The highest BCUT2D eigenvalue weighted by Crippen LogP contribution is 2.29. The average molecular weight is 259 g/mol. The largest absolute Gasteiger partial charge is 0.417 e. The lowest BCUT2D eigenvalue weighted by molar-refractivity contribution is -0.137. The van der Waals surface area contributed by atoms with Gasteiger partial charge >= 0.3 is 6.18 Å². The molecule has 0 bridgehead atoms. The minimum absolute atomic E-state index is 0.402. The van der Waals surface area contributed by atoms with Gasteiger partial charge in [-0.1, -0.05) is 0 Å². The van der Waals surface area contributed by atoms with E-state index in [2.05, 4.69) is 10.3 Å². The first-order valence-corrected chi connectivity index (χ1v) is 5.94.